The molecule has 0 unspecified atom stereocenters. The van der Waals surface area contributed by atoms with Crippen LogP contribution in [0.4, 0.5) is 8.78 Å². The standard InChI is InChI=1S/C26H48F2O5/c1-7-11-15-29-19-21-22(30-16-12-8-2)23(31-17-13-9-3)24(32-18-14-10-4)25(33-21)26(27,28)20(5)6/h21-25H,5,7-19H2,1-4,6H3/t21-,22+,23+,24-,25-/m1/s1. The van der Waals surface area contributed by atoms with Gasteiger partial charge in [-0.1, -0.05) is 60.0 Å². The summed E-state index contributed by atoms with van der Waals surface area (Å²) < 4.78 is 61.1. The molecule has 7 heteroatoms. The zero-order valence-electron chi connectivity index (χ0n) is 21.6. The SMILES string of the molecule is C=C(C)C(F)(F)[C@@H]1O[C@H](COCCCC)[C@H](OCCCC)[C@H](OCCCC)[C@H]1OCCCC. The van der Waals surface area contributed by atoms with E-state index >= 15 is 8.78 Å². The maximum absolute atomic E-state index is 15.4. The van der Waals surface area contributed by atoms with E-state index in [2.05, 4.69) is 27.4 Å². The Bertz CT molecular complexity index is 517. The normalized spacial score (nSPS) is 26.0. The lowest BCUT2D eigenvalue weighted by Gasteiger charge is -2.48. The van der Waals surface area contributed by atoms with Crippen molar-refractivity contribution in [3.05, 3.63) is 12.2 Å². The summed E-state index contributed by atoms with van der Waals surface area (Å²) >= 11 is 0. The van der Waals surface area contributed by atoms with Crippen molar-refractivity contribution in [2.45, 2.75) is 122 Å². The first-order chi connectivity index (χ1) is 15.8. The van der Waals surface area contributed by atoms with Gasteiger partial charge in [0.1, 0.15) is 24.4 Å². The van der Waals surface area contributed by atoms with Crippen LogP contribution in [0.25, 0.3) is 0 Å². The third kappa shape index (κ3) is 9.88. The highest BCUT2D eigenvalue weighted by molar-refractivity contribution is 5.13. The third-order valence-corrected chi connectivity index (χ3v) is 5.91. The zero-order valence-corrected chi connectivity index (χ0v) is 21.6. The van der Waals surface area contributed by atoms with Crippen molar-refractivity contribution < 1.29 is 32.5 Å². The minimum Gasteiger partial charge on any atom is -0.379 e. The van der Waals surface area contributed by atoms with Gasteiger partial charge < -0.3 is 23.7 Å². The fraction of sp³-hybridized carbons (Fsp3) is 0.923. The average molecular weight is 479 g/mol. The summed E-state index contributed by atoms with van der Waals surface area (Å²) in [4.78, 5) is 0. The van der Waals surface area contributed by atoms with Crippen LogP contribution in [0.1, 0.15) is 86.0 Å². The molecule has 0 amide bonds. The lowest BCUT2D eigenvalue weighted by atomic mass is 9.89. The summed E-state index contributed by atoms with van der Waals surface area (Å²) in [5.74, 6) is -3.26. The molecular weight excluding hydrogens is 430 g/mol. The lowest BCUT2D eigenvalue weighted by molar-refractivity contribution is -0.298. The Hall–Kier alpha value is -0.600. The Labute approximate surface area is 200 Å². The van der Waals surface area contributed by atoms with Gasteiger partial charge in [0.15, 0.2) is 6.10 Å². The third-order valence-electron chi connectivity index (χ3n) is 5.91. The summed E-state index contributed by atoms with van der Waals surface area (Å²) in [7, 11) is 0. The van der Waals surface area contributed by atoms with E-state index in [1.807, 2.05) is 6.92 Å². The van der Waals surface area contributed by atoms with Crippen molar-refractivity contribution in [3.63, 3.8) is 0 Å². The van der Waals surface area contributed by atoms with Crippen molar-refractivity contribution >= 4 is 0 Å². The van der Waals surface area contributed by atoms with Crippen LogP contribution >= 0.6 is 0 Å². The molecule has 1 fully saturated rings. The predicted molar refractivity (Wildman–Crippen MR) is 128 cm³/mol. The monoisotopic (exact) mass is 478 g/mol. The molecule has 5 atom stereocenters. The second kappa shape index (κ2) is 16.9. The molecule has 0 aromatic heterocycles. The van der Waals surface area contributed by atoms with Crippen molar-refractivity contribution in [1.82, 2.24) is 0 Å². The quantitative estimate of drug-likeness (QED) is 0.160. The van der Waals surface area contributed by atoms with Gasteiger partial charge in [-0.3, -0.25) is 0 Å². The molecule has 0 aromatic carbocycles. The molecule has 1 heterocycles. The van der Waals surface area contributed by atoms with E-state index in [1.54, 1.807) is 0 Å². The van der Waals surface area contributed by atoms with Crippen LogP contribution in [0, 0.1) is 0 Å². The first kappa shape index (κ1) is 30.4. The minimum atomic E-state index is -3.26. The summed E-state index contributed by atoms with van der Waals surface area (Å²) in [5.41, 5.74) is -0.250. The van der Waals surface area contributed by atoms with Gasteiger partial charge in [-0.15, -0.1) is 0 Å². The first-order valence-corrected chi connectivity index (χ1v) is 13.0. The van der Waals surface area contributed by atoms with E-state index in [9.17, 15) is 0 Å². The predicted octanol–water partition coefficient (Wildman–Crippen LogP) is 6.34. The molecular formula is C26H48F2O5. The Balaban J connectivity index is 3.26. The van der Waals surface area contributed by atoms with Crippen LogP contribution in [0.2, 0.25) is 0 Å². The summed E-state index contributed by atoms with van der Waals surface area (Å²) in [6.45, 7) is 15.2. The molecule has 0 aliphatic carbocycles. The number of rotatable bonds is 19. The van der Waals surface area contributed by atoms with Gasteiger partial charge in [0, 0.05) is 26.4 Å². The van der Waals surface area contributed by atoms with Crippen LogP contribution < -0.4 is 0 Å². The van der Waals surface area contributed by atoms with Crippen LogP contribution in [-0.4, -0.2) is 69.5 Å². The Morgan fingerprint density at radius 2 is 1.21 bits per heavy atom. The molecule has 0 N–H and O–H groups in total. The van der Waals surface area contributed by atoms with Crippen LogP contribution in [0.15, 0.2) is 12.2 Å². The molecule has 1 rings (SSSR count). The molecule has 33 heavy (non-hydrogen) atoms. The van der Waals surface area contributed by atoms with E-state index < -0.39 is 36.4 Å². The van der Waals surface area contributed by atoms with E-state index in [0.29, 0.717) is 26.4 Å². The largest absolute Gasteiger partial charge is 0.379 e. The second-order valence-corrected chi connectivity index (χ2v) is 8.99. The van der Waals surface area contributed by atoms with Gasteiger partial charge in [-0.25, -0.2) is 0 Å². The van der Waals surface area contributed by atoms with Crippen LogP contribution in [0.3, 0.4) is 0 Å². The summed E-state index contributed by atoms with van der Waals surface area (Å²) in [5, 5.41) is 0. The molecule has 0 aromatic rings. The van der Waals surface area contributed by atoms with Crippen molar-refractivity contribution in [1.29, 1.82) is 0 Å². The van der Waals surface area contributed by atoms with E-state index in [1.165, 1.54) is 6.92 Å². The number of hydrogen-bond acceptors (Lipinski definition) is 5. The number of ether oxygens (including phenoxy) is 5. The van der Waals surface area contributed by atoms with Gasteiger partial charge >= 0.3 is 0 Å². The van der Waals surface area contributed by atoms with E-state index in [-0.39, 0.29) is 12.2 Å². The molecule has 5 nitrogen and oxygen atoms in total. The first-order valence-electron chi connectivity index (χ1n) is 13.0. The topological polar surface area (TPSA) is 46.2 Å². The fourth-order valence-electron chi connectivity index (χ4n) is 3.69. The number of unbranched alkanes of at least 4 members (excludes halogenated alkanes) is 4. The lowest BCUT2D eigenvalue weighted by Crippen LogP contribution is -2.65. The Morgan fingerprint density at radius 3 is 1.70 bits per heavy atom. The smallest absolute Gasteiger partial charge is 0.297 e. The van der Waals surface area contributed by atoms with Crippen LogP contribution in [-0.2, 0) is 23.7 Å². The molecule has 196 valence electrons. The molecule has 1 aliphatic heterocycles. The van der Waals surface area contributed by atoms with Gasteiger partial charge in [0.25, 0.3) is 5.92 Å². The zero-order chi connectivity index (χ0) is 24.7. The molecule has 0 saturated carbocycles. The van der Waals surface area contributed by atoms with E-state index in [0.717, 1.165) is 51.4 Å². The highest BCUT2D eigenvalue weighted by Gasteiger charge is 2.57. The maximum Gasteiger partial charge on any atom is 0.297 e. The molecule has 1 saturated heterocycles. The number of halogens is 2. The highest BCUT2D eigenvalue weighted by Crippen LogP contribution is 2.39. The Morgan fingerprint density at radius 1 is 0.758 bits per heavy atom. The average Bonchev–Trinajstić information content (AvgIpc) is 2.78. The van der Waals surface area contributed by atoms with Crippen molar-refractivity contribution in [2.75, 3.05) is 33.0 Å². The Kier molecular flexibility index (Phi) is 15.6. The summed E-state index contributed by atoms with van der Waals surface area (Å²) in [6, 6.07) is 0. The van der Waals surface area contributed by atoms with Gasteiger partial charge in [0.05, 0.1) is 6.61 Å². The van der Waals surface area contributed by atoms with Crippen molar-refractivity contribution in [3.8, 4) is 0 Å². The molecule has 1 aliphatic rings. The molecule has 0 spiro atoms. The maximum atomic E-state index is 15.4. The summed E-state index contributed by atoms with van der Waals surface area (Å²) in [6.07, 6.45) is 2.83. The fourth-order valence-corrected chi connectivity index (χ4v) is 3.69. The highest BCUT2D eigenvalue weighted by atomic mass is 19.3. The van der Waals surface area contributed by atoms with Gasteiger partial charge in [-0.2, -0.15) is 8.78 Å². The number of alkyl halides is 2. The molecule has 0 bridgehead atoms. The number of hydrogen-bond donors (Lipinski definition) is 0. The van der Waals surface area contributed by atoms with Gasteiger partial charge in [-0.05, 0) is 38.2 Å². The van der Waals surface area contributed by atoms with Gasteiger partial charge in [0.2, 0.25) is 0 Å². The minimum absolute atomic E-state index is 0.175. The van der Waals surface area contributed by atoms with E-state index in [4.69, 9.17) is 23.7 Å². The molecule has 0 radical (unpaired) electrons. The second-order valence-electron chi connectivity index (χ2n) is 8.99. The van der Waals surface area contributed by atoms with Crippen molar-refractivity contribution in [2.24, 2.45) is 0 Å². The van der Waals surface area contributed by atoms with Crippen LogP contribution in [0.5, 0.6) is 0 Å².